The van der Waals surface area contributed by atoms with Crippen LogP contribution in [0, 0.1) is 17.0 Å². The monoisotopic (exact) mass is 224 g/mol. The molecule has 1 aromatic rings. The molecule has 0 amide bonds. The number of methoxy groups -OCH3 is 1. The van der Waals surface area contributed by atoms with Gasteiger partial charge in [0.25, 0.3) is 5.69 Å². The van der Waals surface area contributed by atoms with Gasteiger partial charge in [0, 0.05) is 19.7 Å². The van der Waals surface area contributed by atoms with Crippen LogP contribution in [0.5, 0.6) is 0 Å². The summed E-state index contributed by atoms with van der Waals surface area (Å²) in [5.74, 6) is 0. The van der Waals surface area contributed by atoms with Gasteiger partial charge in [-0.15, -0.1) is 0 Å². The molecule has 88 valence electrons. The highest BCUT2D eigenvalue weighted by Crippen LogP contribution is 2.27. The third kappa shape index (κ3) is 2.93. The number of rotatable bonds is 5. The van der Waals surface area contributed by atoms with E-state index in [4.69, 9.17) is 4.74 Å². The molecule has 5 nitrogen and oxygen atoms in total. The van der Waals surface area contributed by atoms with E-state index in [1.165, 1.54) is 6.07 Å². The van der Waals surface area contributed by atoms with Crippen LogP contribution in [0.15, 0.2) is 18.2 Å². The number of benzene rings is 1. The quantitative estimate of drug-likeness (QED) is 0.616. The first-order valence-corrected chi connectivity index (χ1v) is 5.07. The van der Waals surface area contributed by atoms with Crippen molar-refractivity contribution in [2.24, 2.45) is 0 Å². The molecule has 0 radical (unpaired) electrons. The van der Waals surface area contributed by atoms with Gasteiger partial charge in [-0.05, 0) is 19.4 Å². The van der Waals surface area contributed by atoms with Crippen molar-refractivity contribution in [1.82, 2.24) is 0 Å². The van der Waals surface area contributed by atoms with E-state index < -0.39 is 0 Å². The Labute approximate surface area is 94.6 Å². The Bertz CT molecular complexity index is 379. The maximum Gasteiger partial charge on any atom is 0.292 e. The van der Waals surface area contributed by atoms with Gasteiger partial charge < -0.3 is 10.1 Å². The molecule has 1 unspecified atom stereocenters. The highest BCUT2D eigenvalue weighted by Gasteiger charge is 2.15. The van der Waals surface area contributed by atoms with E-state index in [0.717, 1.165) is 5.56 Å². The first-order chi connectivity index (χ1) is 7.56. The zero-order valence-corrected chi connectivity index (χ0v) is 9.69. The summed E-state index contributed by atoms with van der Waals surface area (Å²) in [5, 5.41) is 13.9. The number of nitrogens with zero attached hydrogens (tertiary/aromatic N) is 1. The zero-order valence-electron chi connectivity index (χ0n) is 9.69. The van der Waals surface area contributed by atoms with Gasteiger partial charge in [-0.3, -0.25) is 10.1 Å². The Hall–Kier alpha value is -1.62. The third-order valence-electron chi connectivity index (χ3n) is 2.42. The molecule has 0 aliphatic heterocycles. The minimum atomic E-state index is -0.382. The number of nitro benzene ring substituents is 1. The molecular weight excluding hydrogens is 208 g/mol. The number of hydrogen-bond acceptors (Lipinski definition) is 4. The Morgan fingerprint density at radius 1 is 1.56 bits per heavy atom. The van der Waals surface area contributed by atoms with Crippen LogP contribution < -0.4 is 5.32 Å². The van der Waals surface area contributed by atoms with Crippen LogP contribution >= 0.6 is 0 Å². The lowest BCUT2D eigenvalue weighted by Crippen LogP contribution is -2.19. The molecule has 0 spiro atoms. The van der Waals surface area contributed by atoms with Gasteiger partial charge >= 0.3 is 0 Å². The predicted octanol–water partition coefficient (Wildman–Crippen LogP) is 2.35. The summed E-state index contributed by atoms with van der Waals surface area (Å²) in [6.45, 7) is 4.28. The smallest absolute Gasteiger partial charge is 0.292 e. The standard InChI is InChI=1S/C11H16N2O3/c1-8-5-4-6-10(13(14)15)11(8)12-7-9(2)16-3/h4-6,9,12H,7H2,1-3H3. The van der Waals surface area contributed by atoms with Crippen molar-refractivity contribution in [3.63, 3.8) is 0 Å². The second-order valence-electron chi connectivity index (χ2n) is 3.65. The molecule has 16 heavy (non-hydrogen) atoms. The fourth-order valence-corrected chi connectivity index (χ4v) is 1.36. The van der Waals surface area contributed by atoms with E-state index in [2.05, 4.69) is 5.32 Å². The molecule has 0 heterocycles. The second kappa shape index (κ2) is 5.46. The van der Waals surface area contributed by atoms with Crippen LogP contribution in [0.1, 0.15) is 12.5 Å². The molecule has 0 fully saturated rings. The molecule has 0 saturated carbocycles. The normalized spacial score (nSPS) is 12.2. The van der Waals surface area contributed by atoms with Crippen molar-refractivity contribution in [2.75, 3.05) is 19.0 Å². The van der Waals surface area contributed by atoms with Gasteiger partial charge in [0.2, 0.25) is 0 Å². The minimum absolute atomic E-state index is 0.0132. The van der Waals surface area contributed by atoms with E-state index in [-0.39, 0.29) is 16.7 Å². The number of nitrogens with one attached hydrogen (secondary N) is 1. The molecule has 1 atom stereocenters. The van der Waals surface area contributed by atoms with Crippen molar-refractivity contribution < 1.29 is 9.66 Å². The first-order valence-electron chi connectivity index (χ1n) is 5.07. The van der Waals surface area contributed by atoms with Crippen LogP contribution in [0.25, 0.3) is 0 Å². The van der Waals surface area contributed by atoms with Crippen LogP contribution in [0.4, 0.5) is 11.4 Å². The van der Waals surface area contributed by atoms with E-state index in [1.54, 1.807) is 13.2 Å². The number of para-hydroxylation sites is 1. The molecule has 0 saturated heterocycles. The summed E-state index contributed by atoms with van der Waals surface area (Å²) in [5.41, 5.74) is 1.53. The minimum Gasteiger partial charge on any atom is -0.380 e. The maximum atomic E-state index is 10.8. The summed E-state index contributed by atoms with van der Waals surface area (Å²) < 4.78 is 5.08. The first kappa shape index (κ1) is 12.4. The highest BCUT2D eigenvalue weighted by molar-refractivity contribution is 5.65. The molecule has 0 bridgehead atoms. The maximum absolute atomic E-state index is 10.8. The summed E-state index contributed by atoms with van der Waals surface area (Å²) >= 11 is 0. The fourth-order valence-electron chi connectivity index (χ4n) is 1.36. The molecule has 0 aliphatic rings. The third-order valence-corrected chi connectivity index (χ3v) is 2.42. The van der Waals surface area contributed by atoms with Crippen molar-refractivity contribution >= 4 is 11.4 Å². The zero-order chi connectivity index (χ0) is 12.1. The van der Waals surface area contributed by atoms with Crippen LogP contribution in [0.3, 0.4) is 0 Å². The van der Waals surface area contributed by atoms with Gasteiger partial charge in [0.05, 0.1) is 11.0 Å². The van der Waals surface area contributed by atoms with Crippen LogP contribution in [-0.4, -0.2) is 24.7 Å². The molecule has 5 heteroatoms. The van der Waals surface area contributed by atoms with E-state index in [1.807, 2.05) is 19.9 Å². The Morgan fingerprint density at radius 2 is 2.25 bits per heavy atom. The molecule has 1 rings (SSSR count). The van der Waals surface area contributed by atoms with Gasteiger partial charge in [0.1, 0.15) is 5.69 Å². The van der Waals surface area contributed by atoms with Gasteiger partial charge in [-0.1, -0.05) is 12.1 Å². The number of ether oxygens (including phenoxy) is 1. The topological polar surface area (TPSA) is 64.4 Å². The predicted molar refractivity (Wildman–Crippen MR) is 62.8 cm³/mol. The largest absolute Gasteiger partial charge is 0.380 e. The number of anilines is 1. The molecule has 1 aromatic carbocycles. The van der Waals surface area contributed by atoms with Gasteiger partial charge in [0.15, 0.2) is 0 Å². The highest BCUT2D eigenvalue weighted by atomic mass is 16.6. The van der Waals surface area contributed by atoms with Crippen molar-refractivity contribution in [1.29, 1.82) is 0 Å². The molecule has 0 aromatic heterocycles. The van der Waals surface area contributed by atoms with E-state index in [0.29, 0.717) is 12.2 Å². The average Bonchev–Trinajstić information content (AvgIpc) is 2.26. The lowest BCUT2D eigenvalue weighted by Gasteiger charge is -2.13. The molecule has 0 aliphatic carbocycles. The van der Waals surface area contributed by atoms with E-state index in [9.17, 15) is 10.1 Å². The summed E-state index contributed by atoms with van der Waals surface area (Å²) in [6.07, 6.45) is 0.0132. The number of aryl methyl sites for hydroxylation is 1. The fraction of sp³-hybridized carbons (Fsp3) is 0.455. The van der Waals surface area contributed by atoms with Crippen molar-refractivity contribution in [2.45, 2.75) is 20.0 Å². The van der Waals surface area contributed by atoms with Crippen molar-refractivity contribution in [3.05, 3.63) is 33.9 Å². The Balaban J connectivity index is 2.88. The average molecular weight is 224 g/mol. The van der Waals surface area contributed by atoms with Crippen LogP contribution in [-0.2, 0) is 4.74 Å². The molecular formula is C11H16N2O3. The number of hydrogen-bond donors (Lipinski definition) is 1. The van der Waals surface area contributed by atoms with Gasteiger partial charge in [-0.2, -0.15) is 0 Å². The van der Waals surface area contributed by atoms with Crippen molar-refractivity contribution in [3.8, 4) is 0 Å². The Kier molecular flexibility index (Phi) is 4.25. The van der Waals surface area contributed by atoms with Crippen LogP contribution in [0.2, 0.25) is 0 Å². The molecule has 1 N–H and O–H groups in total. The SMILES string of the molecule is COC(C)CNc1c(C)cccc1[N+](=O)[O-]. The van der Waals surface area contributed by atoms with Gasteiger partial charge in [-0.25, -0.2) is 0 Å². The lowest BCUT2D eigenvalue weighted by molar-refractivity contribution is -0.384. The second-order valence-corrected chi connectivity index (χ2v) is 3.65. The number of nitro groups is 1. The summed E-state index contributed by atoms with van der Waals surface area (Å²) in [4.78, 5) is 10.4. The summed E-state index contributed by atoms with van der Waals surface area (Å²) in [6, 6.07) is 5.01. The Morgan fingerprint density at radius 3 is 2.81 bits per heavy atom. The lowest BCUT2D eigenvalue weighted by atomic mass is 10.1. The summed E-state index contributed by atoms with van der Waals surface area (Å²) in [7, 11) is 1.61. The van der Waals surface area contributed by atoms with E-state index >= 15 is 0 Å².